The number of carbonyl (C=O) groups excluding carboxylic acids is 1. The molecule has 0 fully saturated rings. The van der Waals surface area contributed by atoms with Crippen LogP contribution in [0.15, 0.2) is 46.2 Å². The summed E-state index contributed by atoms with van der Waals surface area (Å²) in [7, 11) is -9.82. The minimum atomic E-state index is -9.82. The average molecular weight is 472 g/mol. The van der Waals surface area contributed by atoms with Gasteiger partial charge in [-0.15, -0.1) is 0 Å². The fourth-order valence-corrected chi connectivity index (χ4v) is 3.47. The highest BCUT2D eigenvalue weighted by Gasteiger charge is 2.65. The van der Waals surface area contributed by atoms with Crippen molar-refractivity contribution in [3.05, 3.63) is 41.6 Å². The van der Waals surface area contributed by atoms with Gasteiger partial charge < -0.3 is 13.9 Å². The second kappa shape index (κ2) is 8.54. The fourth-order valence-electron chi connectivity index (χ4n) is 2.62. The first kappa shape index (κ1) is 24.1. The summed E-state index contributed by atoms with van der Waals surface area (Å²) in [6.45, 7) is 3.89. The molecule has 0 aliphatic rings. The summed E-state index contributed by atoms with van der Waals surface area (Å²) in [5, 5.41) is 0.123. The quantitative estimate of drug-likeness (QED) is 0.109. The molecule has 30 heavy (non-hydrogen) atoms. The van der Waals surface area contributed by atoms with Crippen LogP contribution < -0.4 is 4.74 Å². The normalized spacial score (nSPS) is 14.0. The maximum Gasteiger partial charge on any atom is 0.330 e. The maximum absolute atomic E-state index is 13.0. The lowest BCUT2D eigenvalue weighted by Gasteiger charge is -2.40. The van der Waals surface area contributed by atoms with E-state index in [9.17, 15) is 24.2 Å². The van der Waals surface area contributed by atoms with Crippen LogP contribution in [0.5, 0.6) is 5.75 Å². The Labute approximate surface area is 175 Å². The van der Waals surface area contributed by atoms with Crippen LogP contribution in [0.1, 0.15) is 32.1 Å². The highest BCUT2D eigenvalue weighted by molar-refractivity contribution is 8.45. The summed E-state index contributed by atoms with van der Waals surface area (Å²) in [4.78, 5) is 8.83. The van der Waals surface area contributed by atoms with E-state index < -0.39 is 26.7 Å². The third-order valence-corrected chi connectivity index (χ3v) is 5.43. The van der Waals surface area contributed by atoms with Crippen molar-refractivity contribution < 1.29 is 38.1 Å². The molecule has 11 heteroatoms. The van der Waals surface area contributed by atoms with Crippen molar-refractivity contribution >= 4 is 39.4 Å². The van der Waals surface area contributed by atoms with Gasteiger partial charge in [-0.05, 0) is 37.2 Å². The molecule has 0 aliphatic carbocycles. The Morgan fingerprint density at radius 1 is 1.03 bits per heavy atom. The molecule has 0 amide bonds. The molecular weight excluding hydrogens is 451 g/mol. The van der Waals surface area contributed by atoms with Crippen LogP contribution in [0.2, 0.25) is 0 Å². The second-order valence-corrected chi connectivity index (χ2v) is 9.36. The van der Waals surface area contributed by atoms with E-state index in [1.165, 1.54) is 6.07 Å². The van der Waals surface area contributed by atoms with E-state index in [4.69, 9.17) is 26.1 Å². The van der Waals surface area contributed by atoms with E-state index >= 15 is 0 Å². The van der Waals surface area contributed by atoms with E-state index in [1.54, 1.807) is 0 Å². The van der Waals surface area contributed by atoms with Gasteiger partial charge in [0.25, 0.3) is 0 Å². The van der Waals surface area contributed by atoms with Crippen molar-refractivity contribution in [1.82, 2.24) is 0 Å². The molecule has 2 aromatic rings. The molecule has 1 aromatic heterocycles. The Morgan fingerprint density at radius 3 is 2.30 bits per heavy atom. The highest BCUT2D eigenvalue weighted by Crippen LogP contribution is 3.02. The number of fused-ring (bicyclic) bond motifs is 1. The van der Waals surface area contributed by atoms with Crippen LogP contribution in [-0.2, 0) is 9.53 Å². The van der Waals surface area contributed by atoms with Gasteiger partial charge in [0, 0.05) is 18.2 Å². The molecule has 4 nitrogen and oxygen atoms in total. The lowest BCUT2D eigenvalue weighted by Crippen LogP contribution is -2.06. The Bertz CT molecular complexity index is 987. The van der Waals surface area contributed by atoms with Gasteiger partial charge in [0.05, 0.1) is 18.6 Å². The molecule has 0 spiro atoms. The van der Waals surface area contributed by atoms with E-state index in [-0.39, 0.29) is 28.5 Å². The highest BCUT2D eigenvalue weighted by atomic mass is 32.5. The lowest BCUT2D eigenvalue weighted by atomic mass is 10.1. The predicted octanol–water partition coefficient (Wildman–Crippen LogP) is 7.88. The number of benzene rings is 1. The van der Waals surface area contributed by atoms with Gasteiger partial charge in [0.2, 0.25) is 0 Å². The Balaban J connectivity index is 1.92. The van der Waals surface area contributed by atoms with Crippen molar-refractivity contribution in [3.8, 4) is 5.75 Å². The maximum atomic E-state index is 13.0. The molecule has 0 saturated heterocycles. The third-order valence-electron chi connectivity index (χ3n) is 4.08. The van der Waals surface area contributed by atoms with Crippen LogP contribution in [0.4, 0.5) is 19.4 Å². The summed E-state index contributed by atoms with van der Waals surface area (Å²) >= 11 is 4.86. The number of carbonyl (C=O) groups is 1. The summed E-state index contributed by atoms with van der Waals surface area (Å²) in [5.41, 5.74) is -0.419. The predicted molar refractivity (Wildman–Crippen MR) is 108 cm³/mol. The first-order valence-electron chi connectivity index (χ1n) is 9.04. The molecular formula is C19H21F5O4S2. The largest absolute Gasteiger partial charge is 0.493 e. The van der Waals surface area contributed by atoms with Gasteiger partial charge in [0.15, 0.2) is 4.71 Å². The first-order valence-corrected chi connectivity index (χ1v) is 11.4. The number of rotatable bonds is 11. The summed E-state index contributed by atoms with van der Waals surface area (Å²) in [6.07, 6.45) is 5.03. The van der Waals surface area contributed by atoms with Crippen molar-refractivity contribution in [2.24, 2.45) is 0 Å². The third kappa shape index (κ3) is 7.28. The fraction of sp³-hybridized carbons (Fsp3) is 0.368. The second-order valence-electron chi connectivity index (χ2n) is 6.54. The molecule has 168 valence electrons. The molecule has 0 unspecified atom stereocenters. The molecule has 0 N–H and O–H groups in total. The Morgan fingerprint density at radius 2 is 1.67 bits per heavy atom. The standard InChI is InChI=1S/C19H21F5O4S2/c1-2-18(25)27-11-7-5-3-4-6-10-26-16-13-19(29)28-17-12-14(8-9-15(16)17)30(20,21,22,23)24/h2,8-9,12-13H,1,3-7,10-11H2. The first-order chi connectivity index (χ1) is 13.8. The zero-order valence-electron chi connectivity index (χ0n) is 15.9. The van der Waals surface area contributed by atoms with Gasteiger partial charge in [0.1, 0.15) is 16.2 Å². The van der Waals surface area contributed by atoms with Crippen molar-refractivity contribution in [3.63, 3.8) is 0 Å². The molecule has 0 aliphatic heterocycles. The minimum Gasteiger partial charge on any atom is -0.493 e. The number of esters is 1. The molecule has 1 heterocycles. The molecule has 0 bridgehead atoms. The van der Waals surface area contributed by atoms with E-state index in [2.05, 4.69) is 6.58 Å². The van der Waals surface area contributed by atoms with Crippen molar-refractivity contribution in [2.75, 3.05) is 13.2 Å². The molecule has 2 rings (SSSR count). The van der Waals surface area contributed by atoms with Crippen LogP contribution in [0.3, 0.4) is 0 Å². The molecule has 0 saturated carbocycles. The van der Waals surface area contributed by atoms with Gasteiger partial charge in [-0.1, -0.05) is 45.3 Å². The SMILES string of the molecule is C=CC(=O)OCCCCCCCOc1cc(=S)oc2cc(S(F)(F)(F)(F)F)ccc12. The zero-order valence-corrected chi connectivity index (χ0v) is 17.5. The van der Waals surface area contributed by atoms with Crippen molar-refractivity contribution in [2.45, 2.75) is 37.0 Å². The van der Waals surface area contributed by atoms with E-state index in [0.29, 0.717) is 19.1 Å². The van der Waals surface area contributed by atoms with Gasteiger partial charge >= 0.3 is 16.2 Å². The Kier molecular flexibility index (Phi) is 6.87. The molecule has 1 aromatic carbocycles. The zero-order chi connectivity index (χ0) is 22.5. The number of hydrogen-bond acceptors (Lipinski definition) is 5. The van der Waals surface area contributed by atoms with Crippen molar-refractivity contribution in [1.29, 1.82) is 0 Å². The number of hydrogen-bond donors (Lipinski definition) is 0. The van der Waals surface area contributed by atoms with Crippen LogP contribution >= 0.6 is 22.4 Å². The van der Waals surface area contributed by atoms with Gasteiger partial charge in [-0.25, -0.2) is 4.79 Å². The Hall–Kier alpha value is -2.14. The van der Waals surface area contributed by atoms with E-state index in [0.717, 1.165) is 37.8 Å². The van der Waals surface area contributed by atoms with Gasteiger partial charge in [-0.3, -0.25) is 0 Å². The van der Waals surface area contributed by atoms with Crippen LogP contribution in [0.25, 0.3) is 11.0 Å². The van der Waals surface area contributed by atoms with E-state index in [1.807, 2.05) is 0 Å². The number of unbranched alkanes of at least 4 members (excludes halogenated alkanes) is 4. The van der Waals surface area contributed by atoms with Crippen LogP contribution in [-0.4, -0.2) is 19.2 Å². The molecule has 0 atom stereocenters. The minimum absolute atomic E-state index is 0.123. The lowest BCUT2D eigenvalue weighted by molar-refractivity contribution is -0.137. The van der Waals surface area contributed by atoms with Crippen LogP contribution in [0, 0.1) is 4.71 Å². The smallest absolute Gasteiger partial charge is 0.330 e. The summed E-state index contributed by atoms with van der Waals surface area (Å²) in [5.74, 6) is -0.287. The summed E-state index contributed by atoms with van der Waals surface area (Å²) < 4.78 is 80.3. The molecule has 0 radical (unpaired) electrons. The monoisotopic (exact) mass is 472 g/mol. The number of ether oxygens (including phenoxy) is 2. The number of halogens is 5. The summed E-state index contributed by atoms with van der Waals surface area (Å²) in [6, 6.07) is 2.78. The van der Waals surface area contributed by atoms with Gasteiger partial charge in [-0.2, -0.15) is 0 Å². The average Bonchev–Trinajstić information content (AvgIpc) is 2.63. The topological polar surface area (TPSA) is 48.7 Å².